The number of pyridine rings is 2. The van der Waals surface area contributed by atoms with Crippen molar-refractivity contribution >= 4 is 11.6 Å². The highest BCUT2D eigenvalue weighted by Gasteiger charge is 2.07. The van der Waals surface area contributed by atoms with Gasteiger partial charge in [-0.1, -0.05) is 30.3 Å². The first-order valence-electron chi connectivity index (χ1n) is 8.14. The average molecular weight is 332 g/mol. The van der Waals surface area contributed by atoms with Gasteiger partial charge in [-0.05, 0) is 36.2 Å². The van der Waals surface area contributed by atoms with Crippen molar-refractivity contribution in [2.45, 2.75) is 20.0 Å². The third-order valence-corrected chi connectivity index (χ3v) is 3.90. The number of anilines is 1. The first-order chi connectivity index (χ1) is 12.2. The largest absolute Gasteiger partial charge is 0.380 e. The van der Waals surface area contributed by atoms with Gasteiger partial charge in [0.25, 0.3) is 5.91 Å². The number of carbonyl (C=O) groups excluding carboxylic acids is 1. The van der Waals surface area contributed by atoms with Crippen molar-refractivity contribution < 1.29 is 4.79 Å². The van der Waals surface area contributed by atoms with Crippen LogP contribution in [-0.2, 0) is 13.1 Å². The molecular weight excluding hydrogens is 312 g/mol. The van der Waals surface area contributed by atoms with Crippen LogP contribution in [0.3, 0.4) is 0 Å². The van der Waals surface area contributed by atoms with Crippen molar-refractivity contribution in [2.24, 2.45) is 0 Å². The van der Waals surface area contributed by atoms with Gasteiger partial charge in [0.2, 0.25) is 0 Å². The standard InChI is InChI=1S/C20H20N4O/c1-15-6-2-3-7-16(15)12-23-19-10-17(11-21-13-19)20(25)24-14-18-8-4-5-9-22-18/h2-11,13,23H,12,14H2,1H3,(H,24,25). The van der Waals surface area contributed by atoms with Crippen molar-refractivity contribution in [3.8, 4) is 0 Å². The van der Waals surface area contributed by atoms with Gasteiger partial charge < -0.3 is 10.6 Å². The second-order valence-electron chi connectivity index (χ2n) is 5.75. The Morgan fingerprint density at radius 1 is 1.04 bits per heavy atom. The second-order valence-corrected chi connectivity index (χ2v) is 5.75. The van der Waals surface area contributed by atoms with Crippen molar-refractivity contribution in [1.29, 1.82) is 0 Å². The first-order valence-corrected chi connectivity index (χ1v) is 8.14. The van der Waals surface area contributed by atoms with E-state index in [4.69, 9.17) is 0 Å². The zero-order valence-corrected chi connectivity index (χ0v) is 14.1. The fourth-order valence-corrected chi connectivity index (χ4v) is 2.44. The molecule has 2 N–H and O–H groups in total. The van der Waals surface area contributed by atoms with E-state index in [0.29, 0.717) is 18.7 Å². The number of nitrogens with one attached hydrogen (secondary N) is 2. The molecule has 25 heavy (non-hydrogen) atoms. The van der Waals surface area contributed by atoms with Crippen molar-refractivity contribution in [2.75, 3.05) is 5.32 Å². The van der Waals surface area contributed by atoms with Gasteiger partial charge in [-0.25, -0.2) is 0 Å². The molecule has 1 amide bonds. The monoisotopic (exact) mass is 332 g/mol. The Bertz CT molecular complexity index is 849. The summed E-state index contributed by atoms with van der Waals surface area (Å²) in [5.74, 6) is -0.169. The van der Waals surface area contributed by atoms with E-state index in [1.54, 1.807) is 24.7 Å². The Morgan fingerprint density at radius 2 is 1.88 bits per heavy atom. The van der Waals surface area contributed by atoms with Gasteiger partial charge in [0.05, 0.1) is 23.5 Å². The van der Waals surface area contributed by atoms with Gasteiger partial charge in [-0.2, -0.15) is 0 Å². The summed E-state index contributed by atoms with van der Waals surface area (Å²) < 4.78 is 0. The van der Waals surface area contributed by atoms with Crippen LogP contribution in [0.1, 0.15) is 27.2 Å². The van der Waals surface area contributed by atoms with Crippen LogP contribution in [-0.4, -0.2) is 15.9 Å². The second kappa shape index (κ2) is 8.06. The lowest BCUT2D eigenvalue weighted by molar-refractivity contribution is 0.0950. The van der Waals surface area contributed by atoms with E-state index in [1.165, 1.54) is 11.1 Å². The fraction of sp³-hybridized carbons (Fsp3) is 0.150. The first kappa shape index (κ1) is 16.6. The van der Waals surface area contributed by atoms with E-state index in [0.717, 1.165) is 11.4 Å². The molecular formula is C20H20N4O. The molecule has 126 valence electrons. The summed E-state index contributed by atoms with van der Waals surface area (Å²) in [6.07, 6.45) is 4.99. The van der Waals surface area contributed by atoms with Crippen LogP contribution in [0.15, 0.2) is 67.1 Å². The molecule has 5 nitrogen and oxygen atoms in total. The summed E-state index contributed by atoms with van der Waals surface area (Å²) in [7, 11) is 0. The smallest absolute Gasteiger partial charge is 0.253 e. The molecule has 2 heterocycles. The number of carbonyl (C=O) groups is 1. The topological polar surface area (TPSA) is 66.9 Å². The third kappa shape index (κ3) is 4.64. The highest BCUT2D eigenvalue weighted by atomic mass is 16.1. The van der Waals surface area contributed by atoms with E-state index in [2.05, 4.69) is 39.7 Å². The van der Waals surface area contributed by atoms with E-state index in [-0.39, 0.29) is 5.91 Å². The Morgan fingerprint density at radius 3 is 2.68 bits per heavy atom. The number of amides is 1. The van der Waals surface area contributed by atoms with Gasteiger partial charge in [-0.15, -0.1) is 0 Å². The van der Waals surface area contributed by atoms with Gasteiger partial charge in [0.1, 0.15) is 0 Å². The van der Waals surface area contributed by atoms with Gasteiger partial charge in [-0.3, -0.25) is 14.8 Å². The molecule has 5 heteroatoms. The molecule has 0 atom stereocenters. The molecule has 0 aliphatic carbocycles. The number of rotatable bonds is 6. The van der Waals surface area contributed by atoms with Crippen molar-refractivity contribution in [1.82, 2.24) is 15.3 Å². The molecule has 0 fully saturated rings. The van der Waals surface area contributed by atoms with Gasteiger partial charge in [0, 0.05) is 25.1 Å². The van der Waals surface area contributed by atoms with Gasteiger partial charge >= 0.3 is 0 Å². The molecule has 0 aliphatic rings. The van der Waals surface area contributed by atoms with E-state index in [9.17, 15) is 4.79 Å². The molecule has 0 saturated carbocycles. The summed E-state index contributed by atoms with van der Waals surface area (Å²) in [6.45, 7) is 3.16. The summed E-state index contributed by atoms with van der Waals surface area (Å²) in [4.78, 5) is 20.6. The molecule has 0 unspecified atom stereocenters. The Balaban J connectivity index is 1.61. The van der Waals surface area contributed by atoms with E-state index < -0.39 is 0 Å². The summed E-state index contributed by atoms with van der Waals surface area (Å²) >= 11 is 0. The lowest BCUT2D eigenvalue weighted by Crippen LogP contribution is -2.23. The molecule has 0 bridgehead atoms. The molecule has 0 spiro atoms. The average Bonchev–Trinajstić information content (AvgIpc) is 2.66. The normalized spacial score (nSPS) is 10.3. The van der Waals surface area contributed by atoms with Crippen molar-refractivity contribution in [3.05, 3.63) is 89.5 Å². The van der Waals surface area contributed by atoms with Crippen LogP contribution in [0, 0.1) is 6.92 Å². The Kier molecular flexibility index (Phi) is 5.36. The molecule has 1 aromatic carbocycles. The zero-order chi connectivity index (χ0) is 17.5. The third-order valence-electron chi connectivity index (χ3n) is 3.90. The quantitative estimate of drug-likeness (QED) is 0.726. The van der Waals surface area contributed by atoms with Crippen LogP contribution in [0.5, 0.6) is 0 Å². The van der Waals surface area contributed by atoms with Crippen LogP contribution >= 0.6 is 0 Å². The summed E-state index contributed by atoms with van der Waals surface area (Å²) in [6, 6.07) is 15.6. The minimum Gasteiger partial charge on any atom is -0.380 e. The highest BCUT2D eigenvalue weighted by molar-refractivity contribution is 5.94. The number of hydrogen-bond donors (Lipinski definition) is 2. The Hall–Kier alpha value is -3.21. The van der Waals surface area contributed by atoms with Crippen LogP contribution in [0.4, 0.5) is 5.69 Å². The van der Waals surface area contributed by atoms with E-state index >= 15 is 0 Å². The number of benzene rings is 1. The van der Waals surface area contributed by atoms with Crippen molar-refractivity contribution in [3.63, 3.8) is 0 Å². The highest BCUT2D eigenvalue weighted by Crippen LogP contribution is 2.13. The lowest BCUT2D eigenvalue weighted by Gasteiger charge is -2.10. The molecule has 0 saturated heterocycles. The minimum atomic E-state index is -0.169. The number of nitrogens with zero attached hydrogens (tertiary/aromatic N) is 2. The summed E-state index contributed by atoms with van der Waals surface area (Å²) in [5.41, 5.74) is 4.59. The number of hydrogen-bond acceptors (Lipinski definition) is 4. The molecule has 2 aromatic heterocycles. The SMILES string of the molecule is Cc1ccccc1CNc1cncc(C(=O)NCc2ccccn2)c1. The molecule has 0 radical (unpaired) electrons. The van der Waals surface area contributed by atoms with Crippen LogP contribution in [0.2, 0.25) is 0 Å². The zero-order valence-electron chi connectivity index (χ0n) is 14.1. The maximum atomic E-state index is 12.3. The summed E-state index contributed by atoms with van der Waals surface area (Å²) in [5, 5.41) is 6.17. The molecule has 0 aliphatic heterocycles. The predicted octanol–water partition coefficient (Wildman–Crippen LogP) is 3.33. The van der Waals surface area contributed by atoms with E-state index in [1.807, 2.05) is 30.3 Å². The number of aromatic nitrogens is 2. The predicted molar refractivity (Wildman–Crippen MR) is 98.1 cm³/mol. The molecule has 3 aromatic rings. The Labute approximate surface area is 147 Å². The molecule has 3 rings (SSSR count). The lowest BCUT2D eigenvalue weighted by atomic mass is 10.1. The maximum Gasteiger partial charge on any atom is 0.253 e. The van der Waals surface area contributed by atoms with Crippen LogP contribution < -0.4 is 10.6 Å². The fourth-order valence-electron chi connectivity index (χ4n) is 2.44. The van der Waals surface area contributed by atoms with Crippen LogP contribution in [0.25, 0.3) is 0 Å². The minimum absolute atomic E-state index is 0.169. The maximum absolute atomic E-state index is 12.3. The number of aryl methyl sites for hydroxylation is 1. The van der Waals surface area contributed by atoms with Gasteiger partial charge in [0.15, 0.2) is 0 Å².